The number of hydrogen-bond acceptors (Lipinski definition) is 4. The van der Waals surface area contributed by atoms with E-state index < -0.39 is 0 Å². The van der Waals surface area contributed by atoms with Gasteiger partial charge in [-0.25, -0.2) is 4.68 Å². The van der Waals surface area contributed by atoms with Gasteiger partial charge in [0.1, 0.15) is 17.3 Å². The Morgan fingerprint density at radius 2 is 1.88 bits per heavy atom. The van der Waals surface area contributed by atoms with Crippen LogP contribution >= 0.6 is 11.6 Å². The highest BCUT2D eigenvalue weighted by molar-refractivity contribution is 6.30. The Morgan fingerprint density at radius 1 is 1.12 bits per heavy atom. The van der Waals surface area contributed by atoms with Crippen LogP contribution in [-0.4, -0.2) is 29.9 Å². The van der Waals surface area contributed by atoms with Crippen LogP contribution in [-0.2, 0) is 6.54 Å². The summed E-state index contributed by atoms with van der Waals surface area (Å²) in [7, 11) is 3.07. The summed E-state index contributed by atoms with van der Waals surface area (Å²) in [4.78, 5) is 12.7. The van der Waals surface area contributed by atoms with E-state index in [4.69, 9.17) is 21.1 Å². The third-order valence-corrected chi connectivity index (χ3v) is 4.11. The number of halogens is 1. The number of nitrogens with one attached hydrogen (secondary N) is 1. The maximum atomic E-state index is 12.7. The lowest BCUT2D eigenvalue weighted by molar-refractivity contribution is 0.102. The van der Waals surface area contributed by atoms with Gasteiger partial charge < -0.3 is 14.8 Å². The van der Waals surface area contributed by atoms with E-state index in [1.165, 1.54) is 7.11 Å². The van der Waals surface area contributed by atoms with E-state index in [1.807, 2.05) is 24.3 Å². The molecule has 26 heavy (non-hydrogen) atoms. The molecule has 134 valence electrons. The fourth-order valence-electron chi connectivity index (χ4n) is 2.50. The molecule has 1 aromatic heterocycles. The molecule has 0 spiro atoms. The zero-order chi connectivity index (χ0) is 18.5. The fraction of sp³-hybridized carbons (Fsp3) is 0.158. The Balaban J connectivity index is 1.78. The van der Waals surface area contributed by atoms with Crippen LogP contribution in [0.25, 0.3) is 0 Å². The second kappa shape index (κ2) is 7.93. The number of aromatic nitrogens is 2. The van der Waals surface area contributed by atoms with Gasteiger partial charge in [-0.1, -0.05) is 23.7 Å². The van der Waals surface area contributed by atoms with Crippen LogP contribution in [0, 0.1) is 0 Å². The van der Waals surface area contributed by atoms with Crippen molar-refractivity contribution in [2.75, 3.05) is 19.5 Å². The molecule has 1 heterocycles. The van der Waals surface area contributed by atoms with Gasteiger partial charge in [0, 0.05) is 17.2 Å². The molecule has 0 aliphatic carbocycles. The Labute approximate surface area is 156 Å². The number of nitrogens with zero attached hydrogens (tertiary/aromatic N) is 2. The number of carbonyl (C=O) groups excluding carboxylic acids is 1. The van der Waals surface area contributed by atoms with E-state index in [1.54, 1.807) is 42.3 Å². The van der Waals surface area contributed by atoms with Gasteiger partial charge >= 0.3 is 0 Å². The van der Waals surface area contributed by atoms with E-state index in [0.717, 1.165) is 5.56 Å². The molecule has 0 aliphatic heterocycles. The van der Waals surface area contributed by atoms with Crippen molar-refractivity contribution in [3.63, 3.8) is 0 Å². The molecule has 0 bridgehead atoms. The van der Waals surface area contributed by atoms with E-state index >= 15 is 0 Å². The number of hydrogen-bond donors (Lipinski definition) is 1. The first kappa shape index (κ1) is 17.8. The van der Waals surface area contributed by atoms with Crippen molar-refractivity contribution < 1.29 is 14.3 Å². The quantitative estimate of drug-likeness (QED) is 0.714. The highest BCUT2D eigenvalue weighted by atomic mass is 35.5. The van der Waals surface area contributed by atoms with Gasteiger partial charge in [-0.2, -0.15) is 5.10 Å². The third-order valence-electron chi connectivity index (χ3n) is 3.86. The summed E-state index contributed by atoms with van der Waals surface area (Å²) in [5.74, 6) is 1.35. The molecular weight excluding hydrogens is 354 g/mol. The van der Waals surface area contributed by atoms with Gasteiger partial charge in [-0.3, -0.25) is 4.79 Å². The maximum absolute atomic E-state index is 12.7. The van der Waals surface area contributed by atoms with Gasteiger partial charge in [-0.05, 0) is 29.8 Å². The van der Waals surface area contributed by atoms with Gasteiger partial charge in [0.05, 0.1) is 32.5 Å². The summed E-state index contributed by atoms with van der Waals surface area (Å²) in [6, 6.07) is 14.3. The number of carbonyl (C=O) groups is 1. The van der Waals surface area contributed by atoms with Crippen LogP contribution in [0.1, 0.15) is 15.9 Å². The molecule has 6 nitrogen and oxygen atoms in total. The second-order valence-corrected chi connectivity index (χ2v) is 5.96. The van der Waals surface area contributed by atoms with Gasteiger partial charge in [-0.15, -0.1) is 0 Å². The molecule has 0 saturated heterocycles. The van der Waals surface area contributed by atoms with Crippen molar-refractivity contribution in [1.29, 1.82) is 0 Å². The van der Waals surface area contributed by atoms with Crippen LogP contribution in [0.4, 0.5) is 5.82 Å². The molecule has 0 saturated carbocycles. The minimum Gasteiger partial charge on any atom is -0.497 e. The predicted molar refractivity (Wildman–Crippen MR) is 100 cm³/mol. The Bertz CT molecular complexity index is 907. The molecule has 0 aliphatic rings. The van der Waals surface area contributed by atoms with Crippen molar-refractivity contribution >= 4 is 23.3 Å². The molecular formula is C19H18ClN3O3. The molecule has 0 fully saturated rings. The molecule has 0 unspecified atom stereocenters. The lowest BCUT2D eigenvalue weighted by atomic mass is 10.1. The first-order valence-electron chi connectivity index (χ1n) is 7.90. The zero-order valence-electron chi connectivity index (χ0n) is 14.4. The predicted octanol–water partition coefficient (Wildman–Crippen LogP) is 3.85. The summed E-state index contributed by atoms with van der Waals surface area (Å²) in [5, 5.41) is 7.81. The normalized spacial score (nSPS) is 10.4. The Morgan fingerprint density at radius 3 is 2.58 bits per heavy atom. The summed E-state index contributed by atoms with van der Waals surface area (Å²) >= 11 is 5.91. The van der Waals surface area contributed by atoms with E-state index in [0.29, 0.717) is 34.4 Å². The molecule has 3 rings (SSSR count). The van der Waals surface area contributed by atoms with Crippen LogP contribution in [0.3, 0.4) is 0 Å². The SMILES string of the molecule is COc1ccc(C(=O)Nc2ccnn2Cc2ccc(Cl)cc2)c(OC)c1. The number of methoxy groups -OCH3 is 2. The number of benzene rings is 2. The van der Waals surface area contributed by atoms with Crippen molar-refractivity contribution in [3.05, 3.63) is 70.9 Å². The van der Waals surface area contributed by atoms with Crippen LogP contribution in [0.5, 0.6) is 11.5 Å². The average molecular weight is 372 g/mol. The van der Waals surface area contributed by atoms with Crippen LogP contribution < -0.4 is 14.8 Å². The van der Waals surface area contributed by atoms with Gasteiger partial charge in [0.2, 0.25) is 0 Å². The Kier molecular flexibility index (Phi) is 5.43. The number of amides is 1. The summed E-state index contributed by atoms with van der Waals surface area (Å²) in [6.07, 6.45) is 1.64. The zero-order valence-corrected chi connectivity index (χ0v) is 15.2. The lowest BCUT2D eigenvalue weighted by Crippen LogP contribution is -2.17. The van der Waals surface area contributed by atoms with Crippen molar-refractivity contribution in [3.8, 4) is 11.5 Å². The molecule has 7 heteroatoms. The third kappa shape index (κ3) is 3.97. The molecule has 0 atom stereocenters. The second-order valence-electron chi connectivity index (χ2n) is 5.52. The van der Waals surface area contributed by atoms with Crippen LogP contribution in [0.15, 0.2) is 54.7 Å². The van der Waals surface area contributed by atoms with Crippen molar-refractivity contribution in [2.24, 2.45) is 0 Å². The van der Waals surface area contributed by atoms with E-state index in [2.05, 4.69) is 10.4 Å². The van der Waals surface area contributed by atoms with Crippen molar-refractivity contribution in [1.82, 2.24) is 9.78 Å². The standard InChI is InChI=1S/C19H18ClN3O3/c1-25-15-7-8-16(17(11-15)26-2)19(24)22-18-9-10-21-23(18)12-13-3-5-14(20)6-4-13/h3-11H,12H2,1-2H3,(H,22,24). The summed E-state index contributed by atoms with van der Waals surface area (Å²) < 4.78 is 12.2. The molecule has 1 N–H and O–H groups in total. The minimum atomic E-state index is -0.289. The molecule has 2 aromatic carbocycles. The van der Waals surface area contributed by atoms with Gasteiger partial charge in [0.15, 0.2) is 0 Å². The monoisotopic (exact) mass is 371 g/mol. The summed E-state index contributed by atoms with van der Waals surface area (Å²) in [6.45, 7) is 0.513. The number of rotatable bonds is 6. The fourth-order valence-corrected chi connectivity index (χ4v) is 2.62. The maximum Gasteiger partial charge on any atom is 0.260 e. The molecule has 3 aromatic rings. The van der Waals surface area contributed by atoms with Gasteiger partial charge in [0.25, 0.3) is 5.91 Å². The average Bonchev–Trinajstić information content (AvgIpc) is 3.09. The van der Waals surface area contributed by atoms with Crippen molar-refractivity contribution in [2.45, 2.75) is 6.54 Å². The highest BCUT2D eigenvalue weighted by Gasteiger charge is 2.15. The van der Waals surface area contributed by atoms with E-state index in [-0.39, 0.29) is 5.91 Å². The molecule has 1 amide bonds. The van der Waals surface area contributed by atoms with Crippen LogP contribution in [0.2, 0.25) is 5.02 Å². The first-order valence-corrected chi connectivity index (χ1v) is 8.28. The first-order chi connectivity index (χ1) is 12.6. The minimum absolute atomic E-state index is 0.289. The smallest absolute Gasteiger partial charge is 0.260 e. The van der Waals surface area contributed by atoms with E-state index in [9.17, 15) is 4.79 Å². The number of ether oxygens (including phenoxy) is 2. The number of anilines is 1. The summed E-state index contributed by atoms with van der Waals surface area (Å²) in [5.41, 5.74) is 1.43. The highest BCUT2D eigenvalue weighted by Crippen LogP contribution is 2.25. The Hall–Kier alpha value is -2.99. The molecule has 0 radical (unpaired) electrons. The lowest BCUT2D eigenvalue weighted by Gasteiger charge is -2.12. The largest absolute Gasteiger partial charge is 0.497 e. The topological polar surface area (TPSA) is 65.4 Å².